The van der Waals surface area contributed by atoms with Crippen LogP contribution in [0.25, 0.3) is 0 Å². The lowest BCUT2D eigenvalue weighted by Crippen LogP contribution is -2.44. The van der Waals surface area contributed by atoms with E-state index in [2.05, 4.69) is 34.2 Å². The maximum Gasteiger partial charge on any atom is 0.249 e. The molecular formula is C18H19BrN2O. The molecule has 1 heterocycles. The molecular weight excluding hydrogens is 340 g/mol. The minimum absolute atomic E-state index is 0.111. The molecule has 1 amide bonds. The van der Waals surface area contributed by atoms with E-state index in [0.717, 1.165) is 22.3 Å². The van der Waals surface area contributed by atoms with Gasteiger partial charge in [0, 0.05) is 21.9 Å². The average molecular weight is 359 g/mol. The summed E-state index contributed by atoms with van der Waals surface area (Å²) < 4.78 is 1.03. The molecule has 2 aromatic carbocycles. The van der Waals surface area contributed by atoms with E-state index in [4.69, 9.17) is 0 Å². The third-order valence-corrected chi connectivity index (χ3v) is 4.57. The zero-order chi connectivity index (χ0) is 15.7. The number of benzene rings is 2. The molecule has 0 saturated carbocycles. The summed E-state index contributed by atoms with van der Waals surface area (Å²) in [5, 5.41) is 3.29. The molecule has 2 atom stereocenters. The van der Waals surface area contributed by atoms with Crippen LogP contribution in [0.2, 0.25) is 0 Å². The minimum atomic E-state index is -0.269. The van der Waals surface area contributed by atoms with E-state index in [1.165, 1.54) is 5.56 Å². The molecule has 1 aliphatic rings. The first-order chi connectivity index (χ1) is 10.6. The molecule has 0 aromatic heterocycles. The number of para-hydroxylation sites is 1. The van der Waals surface area contributed by atoms with E-state index in [9.17, 15) is 4.79 Å². The number of anilines is 2. The van der Waals surface area contributed by atoms with Crippen LogP contribution in [-0.2, 0) is 11.2 Å². The molecule has 2 unspecified atom stereocenters. The van der Waals surface area contributed by atoms with E-state index in [0.29, 0.717) is 0 Å². The van der Waals surface area contributed by atoms with Gasteiger partial charge >= 0.3 is 0 Å². The van der Waals surface area contributed by atoms with Crippen molar-refractivity contribution >= 4 is 33.2 Å². The fourth-order valence-corrected chi connectivity index (χ4v) is 3.23. The molecule has 0 saturated heterocycles. The number of carbonyl (C=O) groups is 1. The predicted octanol–water partition coefficient (Wildman–Crippen LogP) is 4.23. The number of halogens is 1. The predicted molar refractivity (Wildman–Crippen MR) is 94.3 cm³/mol. The first-order valence-electron chi connectivity index (χ1n) is 7.49. The van der Waals surface area contributed by atoms with Gasteiger partial charge in [-0.2, -0.15) is 0 Å². The maximum atomic E-state index is 12.8. The van der Waals surface area contributed by atoms with Crippen molar-refractivity contribution in [3.8, 4) is 0 Å². The number of hydrogen-bond acceptors (Lipinski definition) is 2. The van der Waals surface area contributed by atoms with Crippen molar-refractivity contribution in [2.75, 3.05) is 10.2 Å². The Labute approximate surface area is 139 Å². The molecule has 4 heteroatoms. The fraction of sp³-hybridized carbons (Fsp3) is 0.278. The molecule has 0 radical (unpaired) electrons. The number of carbonyl (C=O) groups excluding carboxylic acids is 1. The lowest BCUT2D eigenvalue weighted by Gasteiger charge is -2.27. The van der Waals surface area contributed by atoms with Crippen molar-refractivity contribution in [2.24, 2.45) is 0 Å². The summed E-state index contributed by atoms with van der Waals surface area (Å²) in [6.07, 6.45) is 0.924. The van der Waals surface area contributed by atoms with Crippen LogP contribution in [0.3, 0.4) is 0 Å². The summed E-state index contributed by atoms with van der Waals surface area (Å²) in [5.74, 6) is 0.111. The van der Waals surface area contributed by atoms with Gasteiger partial charge in [-0.1, -0.05) is 34.1 Å². The summed E-state index contributed by atoms with van der Waals surface area (Å²) in [5.41, 5.74) is 3.24. The Kier molecular flexibility index (Phi) is 4.21. The molecule has 0 aliphatic carbocycles. The summed E-state index contributed by atoms with van der Waals surface area (Å²) >= 11 is 3.42. The smallest absolute Gasteiger partial charge is 0.249 e. The largest absolute Gasteiger partial charge is 0.374 e. The van der Waals surface area contributed by atoms with Gasteiger partial charge in [0.2, 0.25) is 5.91 Å². The number of nitrogens with zero attached hydrogens (tertiary/aromatic N) is 1. The van der Waals surface area contributed by atoms with Crippen molar-refractivity contribution in [1.29, 1.82) is 0 Å². The summed E-state index contributed by atoms with van der Waals surface area (Å²) in [7, 11) is 0. The van der Waals surface area contributed by atoms with Crippen molar-refractivity contribution in [3.05, 3.63) is 58.6 Å². The molecule has 22 heavy (non-hydrogen) atoms. The Morgan fingerprint density at radius 2 is 1.91 bits per heavy atom. The molecule has 0 spiro atoms. The second kappa shape index (κ2) is 6.13. The van der Waals surface area contributed by atoms with Gasteiger partial charge in [0.25, 0.3) is 0 Å². The van der Waals surface area contributed by atoms with E-state index in [-0.39, 0.29) is 18.0 Å². The van der Waals surface area contributed by atoms with Crippen molar-refractivity contribution in [2.45, 2.75) is 32.4 Å². The van der Waals surface area contributed by atoms with Gasteiger partial charge < -0.3 is 10.2 Å². The topological polar surface area (TPSA) is 32.3 Å². The molecule has 2 aromatic rings. The second-order valence-electron chi connectivity index (χ2n) is 5.76. The van der Waals surface area contributed by atoms with E-state index < -0.39 is 0 Å². The number of hydrogen-bond donors (Lipinski definition) is 1. The molecule has 0 bridgehead atoms. The van der Waals surface area contributed by atoms with Crippen molar-refractivity contribution in [3.63, 3.8) is 0 Å². The Balaban J connectivity index is 1.77. The van der Waals surface area contributed by atoms with Crippen LogP contribution in [0.4, 0.5) is 11.4 Å². The van der Waals surface area contributed by atoms with Gasteiger partial charge in [0.05, 0.1) is 0 Å². The van der Waals surface area contributed by atoms with E-state index in [1.807, 2.05) is 54.3 Å². The molecule has 1 N–H and O–H groups in total. The van der Waals surface area contributed by atoms with Crippen molar-refractivity contribution in [1.82, 2.24) is 0 Å². The van der Waals surface area contributed by atoms with Crippen LogP contribution >= 0.6 is 15.9 Å². The highest BCUT2D eigenvalue weighted by atomic mass is 79.9. The van der Waals surface area contributed by atoms with Crippen LogP contribution in [0.15, 0.2) is 53.0 Å². The number of nitrogens with one attached hydrogen (secondary N) is 1. The molecule has 3 nitrogen and oxygen atoms in total. The quantitative estimate of drug-likeness (QED) is 0.890. The normalized spacial score (nSPS) is 18.0. The van der Waals surface area contributed by atoms with Gasteiger partial charge in [-0.25, -0.2) is 0 Å². The van der Waals surface area contributed by atoms with E-state index >= 15 is 0 Å². The maximum absolute atomic E-state index is 12.8. The average Bonchev–Trinajstić information content (AvgIpc) is 2.84. The number of amides is 1. The Bertz CT molecular complexity index is 684. The third kappa shape index (κ3) is 2.88. The summed E-state index contributed by atoms with van der Waals surface area (Å²) in [6.45, 7) is 4.02. The Morgan fingerprint density at radius 1 is 1.23 bits per heavy atom. The fourth-order valence-electron chi connectivity index (χ4n) is 2.97. The zero-order valence-corrected chi connectivity index (χ0v) is 14.3. The highest BCUT2D eigenvalue weighted by Crippen LogP contribution is 2.32. The standard InChI is InChI=1S/C18H19BrN2O/c1-12-11-14-5-3-4-6-17(14)21(12)18(22)13(2)20-16-9-7-15(19)8-10-16/h3-10,12-13,20H,11H2,1-2H3. The first-order valence-corrected chi connectivity index (χ1v) is 8.28. The third-order valence-electron chi connectivity index (χ3n) is 4.04. The SMILES string of the molecule is CC(Nc1ccc(Br)cc1)C(=O)N1c2ccccc2CC1C. The van der Waals surface area contributed by atoms with E-state index in [1.54, 1.807) is 0 Å². The molecule has 114 valence electrons. The van der Waals surface area contributed by atoms with Crippen LogP contribution in [0.5, 0.6) is 0 Å². The lowest BCUT2D eigenvalue weighted by atomic mass is 10.1. The summed E-state index contributed by atoms with van der Waals surface area (Å²) in [4.78, 5) is 14.8. The lowest BCUT2D eigenvalue weighted by molar-refractivity contribution is -0.119. The van der Waals surface area contributed by atoms with Gasteiger partial charge in [-0.15, -0.1) is 0 Å². The monoisotopic (exact) mass is 358 g/mol. The van der Waals surface area contributed by atoms with Gasteiger partial charge in [-0.3, -0.25) is 4.79 Å². The van der Waals surface area contributed by atoms with Crippen molar-refractivity contribution < 1.29 is 4.79 Å². The van der Waals surface area contributed by atoms with Crippen LogP contribution < -0.4 is 10.2 Å². The highest BCUT2D eigenvalue weighted by molar-refractivity contribution is 9.10. The Hall–Kier alpha value is -1.81. The van der Waals surface area contributed by atoms with Gasteiger partial charge in [0.1, 0.15) is 6.04 Å². The van der Waals surface area contributed by atoms with Crippen LogP contribution in [-0.4, -0.2) is 18.0 Å². The van der Waals surface area contributed by atoms with Crippen LogP contribution in [0, 0.1) is 0 Å². The van der Waals surface area contributed by atoms with Crippen LogP contribution in [0.1, 0.15) is 19.4 Å². The molecule has 1 aliphatic heterocycles. The molecule has 0 fully saturated rings. The van der Waals surface area contributed by atoms with Gasteiger partial charge in [-0.05, 0) is 56.2 Å². The number of rotatable bonds is 3. The minimum Gasteiger partial charge on any atom is -0.374 e. The first kappa shape index (κ1) is 15.1. The zero-order valence-electron chi connectivity index (χ0n) is 12.7. The number of fused-ring (bicyclic) bond motifs is 1. The highest BCUT2D eigenvalue weighted by Gasteiger charge is 2.32. The second-order valence-corrected chi connectivity index (χ2v) is 6.68. The Morgan fingerprint density at radius 3 is 2.64 bits per heavy atom. The van der Waals surface area contributed by atoms with Gasteiger partial charge in [0.15, 0.2) is 0 Å². The molecule has 3 rings (SSSR count). The summed E-state index contributed by atoms with van der Waals surface area (Å²) in [6, 6.07) is 16.0.